The van der Waals surface area contributed by atoms with Gasteiger partial charge in [-0.1, -0.05) is 20.8 Å². The van der Waals surface area contributed by atoms with Gasteiger partial charge in [0, 0.05) is 25.8 Å². The van der Waals surface area contributed by atoms with Crippen LogP contribution in [0.15, 0.2) is 12.5 Å². The number of aliphatic hydroxyl groups is 1. The molecule has 5 nitrogen and oxygen atoms in total. The minimum Gasteiger partial charge on any atom is -0.394 e. The van der Waals surface area contributed by atoms with E-state index in [1.807, 2.05) is 12.5 Å². The van der Waals surface area contributed by atoms with Crippen LogP contribution in [0.2, 0.25) is 0 Å². The standard InChI is InChI=1S/C14H28N4O/c1-4-8-18-12-15-10-14(18)13(11-19)16-7-9-17(5-2)6-3/h10,12-13,16,19H,4-9,11H2,1-3H3. The lowest BCUT2D eigenvalue weighted by Crippen LogP contribution is -2.35. The average Bonchev–Trinajstić information content (AvgIpc) is 2.88. The first-order valence-corrected chi connectivity index (χ1v) is 7.33. The predicted octanol–water partition coefficient (Wildman–Crippen LogP) is 1.26. The van der Waals surface area contributed by atoms with Gasteiger partial charge in [0.2, 0.25) is 0 Å². The molecular weight excluding hydrogens is 240 g/mol. The van der Waals surface area contributed by atoms with Crippen molar-refractivity contribution < 1.29 is 5.11 Å². The normalized spacial score (nSPS) is 13.1. The van der Waals surface area contributed by atoms with E-state index < -0.39 is 0 Å². The highest BCUT2D eigenvalue weighted by molar-refractivity contribution is 5.05. The van der Waals surface area contributed by atoms with E-state index in [0.717, 1.165) is 44.8 Å². The van der Waals surface area contributed by atoms with Crippen molar-refractivity contribution in [3.63, 3.8) is 0 Å². The fourth-order valence-electron chi connectivity index (χ4n) is 2.25. The number of hydrogen-bond donors (Lipinski definition) is 2. The molecule has 1 atom stereocenters. The van der Waals surface area contributed by atoms with Gasteiger partial charge in [0.1, 0.15) is 0 Å². The predicted molar refractivity (Wildman–Crippen MR) is 78.1 cm³/mol. The quantitative estimate of drug-likeness (QED) is 0.671. The molecule has 1 rings (SSSR count). The summed E-state index contributed by atoms with van der Waals surface area (Å²) >= 11 is 0. The molecule has 0 amide bonds. The summed E-state index contributed by atoms with van der Waals surface area (Å²) in [7, 11) is 0. The van der Waals surface area contributed by atoms with Crippen LogP contribution >= 0.6 is 0 Å². The number of nitrogens with zero attached hydrogens (tertiary/aromatic N) is 3. The van der Waals surface area contributed by atoms with Gasteiger partial charge in [0.25, 0.3) is 0 Å². The van der Waals surface area contributed by atoms with Crippen LogP contribution in [0.1, 0.15) is 38.9 Å². The fraction of sp³-hybridized carbons (Fsp3) is 0.786. The van der Waals surface area contributed by atoms with Gasteiger partial charge in [-0.25, -0.2) is 4.98 Å². The van der Waals surface area contributed by atoms with Crippen molar-refractivity contribution in [1.29, 1.82) is 0 Å². The van der Waals surface area contributed by atoms with E-state index in [1.165, 1.54) is 0 Å². The van der Waals surface area contributed by atoms with Crippen molar-refractivity contribution in [1.82, 2.24) is 19.8 Å². The van der Waals surface area contributed by atoms with Crippen molar-refractivity contribution in [3.05, 3.63) is 18.2 Å². The van der Waals surface area contributed by atoms with Gasteiger partial charge in [-0.3, -0.25) is 0 Å². The molecule has 0 spiro atoms. The summed E-state index contributed by atoms with van der Waals surface area (Å²) in [4.78, 5) is 6.55. The molecule has 0 radical (unpaired) electrons. The number of hydrogen-bond acceptors (Lipinski definition) is 4. The number of aliphatic hydroxyl groups excluding tert-OH is 1. The van der Waals surface area contributed by atoms with Crippen molar-refractivity contribution in [2.75, 3.05) is 32.8 Å². The Morgan fingerprint density at radius 2 is 2.11 bits per heavy atom. The molecule has 0 aliphatic carbocycles. The lowest BCUT2D eigenvalue weighted by molar-refractivity contribution is 0.228. The van der Waals surface area contributed by atoms with Gasteiger partial charge >= 0.3 is 0 Å². The first kappa shape index (κ1) is 16.1. The Bertz CT molecular complexity index is 336. The number of aryl methyl sites for hydroxylation is 1. The molecule has 19 heavy (non-hydrogen) atoms. The summed E-state index contributed by atoms with van der Waals surface area (Å²) in [5.74, 6) is 0. The first-order valence-electron chi connectivity index (χ1n) is 7.33. The van der Waals surface area contributed by atoms with E-state index in [9.17, 15) is 5.11 Å². The maximum atomic E-state index is 9.55. The molecule has 1 heterocycles. The van der Waals surface area contributed by atoms with Crippen LogP contribution in [-0.4, -0.2) is 52.3 Å². The smallest absolute Gasteiger partial charge is 0.0948 e. The topological polar surface area (TPSA) is 53.3 Å². The number of imidazole rings is 1. The first-order chi connectivity index (χ1) is 9.26. The minimum atomic E-state index is -0.0235. The molecule has 110 valence electrons. The van der Waals surface area contributed by atoms with Crippen LogP contribution in [0.5, 0.6) is 0 Å². The van der Waals surface area contributed by atoms with E-state index in [0.29, 0.717) is 0 Å². The van der Waals surface area contributed by atoms with Gasteiger partial charge < -0.3 is 19.9 Å². The van der Waals surface area contributed by atoms with Gasteiger partial charge in [0.15, 0.2) is 0 Å². The Morgan fingerprint density at radius 3 is 2.68 bits per heavy atom. The molecule has 0 fully saturated rings. The van der Waals surface area contributed by atoms with E-state index in [2.05, 4.69) is 40.5 Å². The van der Waals surface area contributed by atoms with Crippen LogP contribution in [0.3, 0.4) is 0 Å². The molecule has 1 aromatic rings. The second-order valence-corrected chi connectivity index (χ2v) is 4.73. The van der Waals surface area contributed by atoms with E-state index in [1.54, 1.807) is 0 Å². The van der Waals surface area contributed by atoms with Crippen molar-refractivity contribution >= 4 is 0 Å². The van der Waals surface area contributed by atoms with Crippen LogP contribution < -0.4 is 5.32 Å². The van der Waals surface area contributed by atoms with E-state index in [4.69, 9.17) is 0 Å². The van der Waals surface area contributed by atoms with Crippen LogP contribution in [0.25, 0.3) is 0 Å². The van der Waals surface area contributed by atoms with Crippen LogP contribution in [0.4, 0.5) is 0 Å². The summed E-state index contributed by atoms with van der Waals surface area (Å²) in [6.45, 7) is 11.6. The Balaban J connectivity index is 2.50. The maximum Gasteiger partial charge on any atom is 0.0948 e. The molecule has 0 bridgehead atoms. The number of nitrogens with one attached hydrogen (secondary N) is 1. The Labute approximate surface area is 116 Å². The highest BCUT2D eigenvalue weighted by atomic mass is 16.3. The molecule has 0 aromatic carbocycles. The second-order valence-electron chi connectivity index (χ2n) is 4.73. The van der Waals surface area contributed by atoms with Crippen molar-refractivity contribution in [2.45, 2.75) is 39.8 Å². The lowest BCUT2D eigenvalue weighted by Gasteiger charge is -2.22. The zero-order valence-electron chi connectivity index (χ0n) is 12.5. The molecule has 0 aliphatic heterocycles. The van der Waals surface area contributed by atoms with Crippen LogP contribution in [0, 0.1) is 0 Å². The van der Waals surface area contributed by atoms with Gasteiger partial charge in [-0.15, -0.1) is 0 Å². The average molecular weight is 268 g/mol. The van der Waals surface area contributed by atoms with Gasteiger partial charge in [-0.2, -0.15) is 0 Å². The van der Waals surface area contributed by atoms with Gasteiger partial charge in [-0.05, 0) is 19.5 Å². The third kappa shape index (κ3) is 4.93. The molecule has 1 aromatic heterocycles. The maximum absolute atomic E-state index is 9.55. The number of aromatic nitrogens is 2. The Hall–Kier alpha value is -0.910. The van der Waals surface area contributed by atoms with Crippen LogP contribution in [-0.2, 0) is 6.54 Å². The summed E-state index contributed by atoms with van der Waals surface area (Å²) in [5, 5.41) is 13.0. The summed E-state index contributed by atoms with van der Waals surface area (Å²) < 4.78 is 2.12. The highest BCUT2D eigenvalue weighted by Gasteiger charge is 2.14. The zero-order valence-corrected chi connectivity index (χ0v) is 12.5. The molecule has 1 unspecified atom stereocenters. The van der Waals surface area contributed by atoms with E-state index >= 15 is 0 Å². The lowest BCUT2D eigenvalue weighted by atomic mass is 10.2. The molecule has 2 N–H and O–H groups in total. The zero-order chi connectivity index (χ0) is 14.1. The second kappa shape index (κ2) is 9.07. The third-order valence-corrected chi connectivity index (χ3v) is 3.46. The highest BCUT2D eigenvalue weighted by Crippen LogP contribution is 2.12. The molecule has 0 aliphatic rings. The summed E-state index contributed by atoms with van der Waals surface area (Å²) in [5.41, 5.74) is 1.07. The number of rotatable bonds is 10. The third-order valence-electron chi connectivity index (χ3n) is 3.46. The monoisotopic (exact) mass is 268 g/mol. The summed E-state index contributed by atoms with van der Waals surface area (Å²) in [6.07, 6.45) is 4.76. The summed E-state index contributed by atoms with van der Waals surface area (Å²) in [6, 6.07) is -0.0235. The molecule has 0 saturated heterocycles. The Kier molecular flexibility index (Phi) is 7.70. The van der Waals surface area contributed by atoms with Gasteiger partial charge in [0.05, 0.1) is 24.7 Å². The number of likely N-dealkylation sites (N-methyl/N-ethyl adjacent to an activating group) is 1. The molecule has 5 heteroatoms. The molecular formula is C14H28N4O. The Morgan fingerprint density at radius 1 is 1.37 bits per heavy atom. The molecule has 0 saturated carbocycles. The largest absolute Gasteiger partial charge is 0.394 e. The SMILES string of the molecule is CCCn1cncc1C(CO)NCCN(CC)CC. The fourth-order valence-corrected chi connectivity index (χ4v) is 2.25. The van der Waals surface area contributed by atoms with Crippen molar-refractivity contribution in [3.8, 4) is 0 Å². The van der Waals surface area contributed by atoms with Crippen molar-refractivity contribution in [2.24, 2.45) is 0 Å². The minimum absolute atomic E-state index is 0.0235. The van der Waals surface area contributed by atoms with E-state index in [-0.39, 0.29) is 12.6 Å².